The fourth-order valence-electron chi connectivity index (χ4n) is 1.67. The van der Waals surface area contributed by atoms with Gasteiger partial charge in [0.1, 0.15) is 11.4 Å². The minimum atomic E-state index is -1.46. The van der Waals surface area contributed by atoms with Crippen molar-refractivity contribution >= 4 is 28.0 Å². The number of nitrogens with zero attached hydrogens (tertiary/aromatic N) is 1. The molecule has 0 aliphatic rings. The predicted octanol–water partition coefficient (Wildman–Crippen LogP) is 3.58. The van der Waals surface area contributed by atoms with E-state index in [1.807, 2.05) is 0 Å². The summed E-state index contributed by atoms with van der Waals surface area (Å²) in [5.41, 5.74) is -0.883. The smallest absolute Gasteiger partial charge is 0.411 e. The van der Waals surface area contributed by atoms with Crippen LogP contribution in [0.25, 0.3) is 0 Å². The van der Waals surface area contributed by atoms with Crippen LogP contribution >= 0.6 is 15.9 Å². The number of aliphatic carboxylic acids is 1. The molecule has 7 heteroatoms. The van der Waals surface area contributed by atoms with Crippen LogP contribution in [0.15, 0.2) is 22.7 Å². The highest BCUT2D eigenvalue weighted by Gasteiger charge is 2.33. The Hall–Kier alpha value is -1.63. The lowest BCUT2D eigenvalue weighted by Gasteiger charge is -2.28. The van der Waals surface area contributed by atoms with Crippen molar-refractivity contribution in [3.05, 3.63) is 34.1 Å². The van der Waals surface area contributed by atoms with Crippen molar-refractivity contribution in [2.24, 2.45) is 0 Å². The Bertz CT molecular complexity index is 556. The lowest BCUT2D eigenvalue weighted by atomic mass is 10.1. The molecule has 1 amide bonds. The number of rotatable bonds is 3. The normalized spacial score (nSPS) is 12.7. The van der Waals surface area contributed by atoms with E-state index in [0.29, 0.717) is 4.47 Å². The lowest BCUT2D eigenvalue weighted by Crippen LogP contribution is -2.40. The topological polar surface area (TPSA) is 66.8 Å². The van der Waals surface area contributed by atoms with Crippen molar-refractivity contribution in [3.8, 4) is 0 Å². The first-order chi connectivity index (χ1) is 9.53. The number of carboxylic acids is 1. The molecule has 1 unspecified atom stereocenters. The molecule has 0 aliphatic carbocycles. The number of ether oxygens (including phenoxy) is 1. The van der Waals surface area contributed by atoms with Crippen LogP contribution in [-0.4, -0.2) is 34.7 Å². The number of benzene rings is 1. The molecule has 0 saturated carbocycles. The summed E-state index contributed by atoms with van der Waals surface area (Å²) in [5, 5.41) is 9.31. The van der Waals surface area contributed by atoms with Crippen LogP contribution in [0.3, 0.4) is 0 Å². The number of amides is 1. The van der Waals surface area contributed by atoms with Crippen LogP contribution in [0.1, 0.15) is 32.4 Å². The first-order valence-electron chi connectivity index (χ1n) is 6.16. The summed E-state index contributed by atoms with van der Waals surface area (Å²) in [6, 6.07) is 2.51. The Morgan fingerprint density at radius 2 is 1.95 bits per heavy atom. The standard InChI is InChI=1S/C14H17BrFNO4/c1-14(2,3)21-13(20)17(4)11(12(18)19)9-6-5-8(15)7-10(9)16/h5-7,11H,1-4H3,(H,18,19). The molecule has 0 spiro atoms. The second-order valence-electron chi connectivity index (χ2n) is 5.50. The highest BCUT2D eigenvalue weighted by atomic mass is 79.9. The minimum Gasteiger partial charge on any atom is -0.479 e. The van der Waals surface area contributed by atoms with Crippen LogP contribution in [0, 0.1) is 5.82 Å². The van der Waals surface area contributed by atoms with Gasteiger partial charge in [0.05, 0.1) is 0 Å². The average Bonchev–Trinajstić information content (AvgIpc) is 2.29. The van der Waals surface area contributed by atoms with E-state index in [1.54, 1.807) is 20.8 Å². The number of likely N-dealkylation sites (N-methyl/N-ethyl adjacent to an activating group) is 1. The summed E-state index contributed by atoms with van der Waals surface area (Å²) in [5.74, 6) is -2.06. The van der Waals surface area contributed by atoms with E-state index in [1.165, 1.54) is 19.2 Å². The van der Waals surface area contributed by atoms with E-state index in [0.717, 1.165) is 11.0 Å². The number of hydrogen-bond acceptors (Lipinski definition) is 3. The van der Waals surface area contributed by atoms with Crippen LogP contribution in [0.2, 0.25) is 0 Å². The summed E-state index contributed by atoms with van der Waals surface area (Å²) in [6.45, 7) is 4.98. The van der Waals surface area contributed by atoms with Crippen LogP contribution in [-0.2, 0) is 9.53 Å². The SMILES string of the molecule is CN(C(=O)OC(C)(C)C)C(C(=O)O)c1ccc(Br)cc1F. The van der Waals surface area contributed by atoms with Crippen molar-refractivity contribution in [2.75, 3.05) is 7.05 Å². The summed E-state index contributed by atoms with van der Waals surface area (Å²) >= 11 is 3.10. The van der Waals surface area contributed by atoms with Crippen LogP contribution in [0.5, 0.6) is 0 Å². The van der Waals surface area contributed by atoms with Gasteiger partial charge in [-0.05, 0) is 32.9 Å². The van der Waals surface area contributed by atoms with Gasteiger partial charge in [0.25, 0.3) is 0 Å². The fraction of sp³-hybridized carbons (Fsp3) is 0.429. The number of halogens is 2. The van der Waals surface area contributed by atoms with Crippen LogP contribution < -0.4 is 0 Å². The van der Waals surface area contributed by atoms with Gasteiger partial charge in [-0.25, -0.2) is 14.0 Å². The van der Waals surface area contributed by atoms with E-state index < -0.39 is 29.5 Å². The van der Waals surface area contributed by atoms with Crippen molar-refractivity contribution in [1.82, 2.24) is 4.90 Å². The zero-order valence-corrected chi connectivity index (χ0v) is 13.8. The molecule has 1 aromatic carbocycles. The maximum atomic E-state index is 14.0. The largest absolute Gasteiger partial charge is 0.479 e. The summed E-state index contributed by atoms with van der Waals surface area (Å²) < 4.78 is 19.5. The van der Waals surface area contributed by atoms with Gasteiger partial charge >= 0.3 is 12.1 Å². The molecule has 0 fully saturated rings. The monoisotopic (exact) mass is 361 g/mol. The first kappa shape index (κ1) is 17.4. The molecule has 5 nitrogen and oxygen atoms in total. The van der Waals surface area contributed by atoms with Crippen molar-refractivity contribution in [2.45, 2.75) is 32.4 Å². The number of carboxylic acid groups (broad SMARTS) is 1. The molecule has 0 saturated heterocycles. The predicted molar refractivity (Wildman–Crippen MR) is 78.5 cm³/mol. The summed E-state index contributed by atoms with van der Waals surface area (Å²) in [4.78, 5) is 24.2. The second kappa shape index (κ2) is 6.43. The molecule has 1 N–H and O–H groups in total. The van der Waals surface area contributed by atoms with Gasteiger partial charge in [0.2, 0.25) is 0 Å². The molecular weight excluding hydrogens is 345 g/mol. The van der Waals surface area contributed by atoms with Gasteiger partial charge in [0, 0.05) is 17.1 Å². The highest BCUT2D eigenvalue weighted by Crippen LogP contribution is 2.26. The first-order valence-corrected chi connectivity index (χ1v) is 6.96. The number of carbonyl (C=O) groups is 2. The fourth-order valence-corrected chi connectivity index (χ4v) is 2.00. The molecule has 1 rings (SSSR count). The minimum absolute atomic E-state index is 0.112. The van der Waals surface area contributed by atoms with Crippen LogP contribution in [0.4, 0.5) is 9.18 Å². The zero-order chi connectivity index (χ0) is 16.4. The molecule has 0 radical (unpaired) electrons. The molecule has 0 aliphatic heterocycles. The molecular formula is C14H17BrFNO4. The third-order valence-corrected chi connectivity index (χ3v) is 3.05. The maximum Gasteiger partial charge on any atom is 0.411 e. The van der Waals surface area contributed by atoms with Gasteiger partial charge < -0.3 is 9.84 Å². The second-order valence-corrected chi connectivity index (χ2v) is 6.41. The lowest BCUT2D eigenvalue weighted by molar-refractivity contribution is -0.143. The Kier molecular flexibility index (Phi) is 5.33. The molecule has 116 valence electrons. The molecule has 1 aromatic rings. The third kappa shape index (κ3) is 4.70. The third-order valence-electron chi connectivity index (χ3n) is 2.56. The number of carbonyl (C=O) groups excluding carboxylic acids is 1. The highest BCUT2D eigenvalue weighted by molar-refractivity contribution is 9.10. The summed E-state index contributed by atoms with van der Waals surface area (Å²) in [7, 11) is 1.26. The quantitative estimate of drug-likeness (QED) is 0.893. The van der Waals surface area contributed by atoms with Crippen molar-refractivity contribution in [3.63, 3.8) is 0 Å². The molecule has 0 heterocycles. The molecule has 0 bridgehead atoms. The van der Waals surface area contributed by atoms with E-state index in [9.17, 15) is 19.1 Å². The van der Waals surface area contributed by atoms with Gasteiger partial charge in [0.15, 0.2) is 6.04 Å². The summed E-state index contributed by atoms with van der Waals surface area (Å²) in [6.07, 6.45) is -0.836. The van der Waals surface area contributed by atoms with E-state index >= 15 is 0 Å². The molecule has 21 heavy (non-hydrogen) atoms. The Labute approximate surface area is 130 Å². The van der Waals surface area contributed by atoms with Crippen molar-refractivity contribution < 1.29 is 23.8 Å². The Morgan fingerprint density at radius 3 is 2.38 bits per heavy atom. The zero-order valence-electron chi connectivity index (χ0n) is 12.2. The van der Waals surface area contributed by atoms with Gasteiger partial charge in [-0.2, -0.15) is 0 Å². The van der Waals surface area contributed by atoms with Crippen molar-refractivity contribution in [1.29, 1.82) is 0 Å². The molecule has 1 atom stereocenters. The Balaban J connectivity index is 3.12. The average molecular weight is 362 g/mol. The van der Waals surface area contributed by atoms with Gasteiger partial charge in [-0.3, -0.25) is 4.90 Å². The van der Waals surface area contributed by atoms with Gasteiger partial charge in [-0.15, -0.1) is 0 Å². The maximum absolute atomic E-state index is 14.0. The number of hydrogen-bond donors (Lipinski definition) is 1. The molecule has 0 aromatic heterocycles. The van der Waals surface area contributed by atoms with Gasteiger partial charge in [-0.1, -0.05) is 22.0 Å². The Morgan fingerprint density at radius 1 is 1.38 bits per heavy atom. The van der Waals surface area contributed by atoms with E-state index in [2.05, 4.69) is 15.9 Å². The van der Waals surface area contributed by atoms with E-state index in [4.69, 9.17) is 4.74 Å². The van der Waals surface area contributed by atoms with E-state index in [-0.39, 0.29) is 5.56 Å².